The average Bonchev–Trinajstić information content (AvgIpc) is 3.28. The quantitative estimate of drug-likeness (QED) is 0.805. The number of hydrogen-bond acceptors (Lipinski definition) is 5. The van der Waals surface area contributed by atoms with Crippen LogP contribution in [-0.4, -0.2) is 56.9 Å². The summed E-state index contributed by atoms with van der Waals surface area (Å²) in [5, 5.41) is 0.985. The molecule has 2 aromatic rings. The van der Waals surface area contributed by atoms with E-state index in [2.05, 4.69) is 46.2 Å². The molecule has 4 aliphatic heterocycles. The second-order valence-corrected chi connectivity index (χ2v) is 9.21. The van der Waals surface area contributed by atoms with Gasteiger partial charge in [-0.1, -0.05) is 12.1 Å². The van der Waals surface area contributed by atoms with Gasteiger partial charge in [0, 0.05) is 37.1 Å². The summed E-state index contributed by atoms with van der Waals surface area (Å²) in [6.07, 6.45) is 2.11. The van der Waals surface area contributed by atoms with Crippen LogP contribution in [0.25, 0.3) is 10.4 Å². The summed E-state index contributed by atoms with van der Waals surface area (Å²) >= 11 is 1.67. The summed E-state index contributed by atoms with van der Waals surface area (Å²) in [6.45, 7) is 3.87. The number of rotatable bonds is 3. The van der Waals surface area contributed by atoms with Crippen LogP contribution >= 0.6 is 11.3 Å². The minimum absolute atomic E-state index is 0.181. The first-order valence-corrected chi connectivity index (χ1v) is 10.5. The van der Waals surface area contributed by atoms with Crippen molar-refractivity contribution in [3.63, 3.8) is 0 Å². The Morgan fingerprint density at radius 3 is 2.67 bits per heavy atom. The van der Waals surface area contributed by atoms with Crippen molar-refractivity contribution in [3.8, 4) is 10.4 Å². The Morgan fingerprint density at radius 1 is 1.15 bits per heavy atom. The summed E-state index contributed by atoms with van der Waals surface area (Å²) < 4.78 is 6.00. The normalized spacial score (nSPS) is 29.4. The molecule has 6 heteroatoms. The maximum absolute atomic E-state index is 12.7. The first-order valence-electron chi connectivity index (χ1n) is 9.65. The first-order chi connectivity index (χ1) is 13.0. The molecule has 4 saturated heterocycles. The first kappa shape index (κ1) is 17.1. The second-order valence-electron chi connectivity index (χ2n) is 8.15. The predicted octanol–water partition coefficient (Wildman–Crippen LogP) is 3.90. The standard InChI is InChI=1S/C21H25N3O2S/c1-22(2)17-5-3-4-15(12-17)18-6-7-19(27-18)24-14-21(26-20(24)25)13-23-10-8-16(21)9-11-23/h3-7,12,16H,8-11,13-14H2,1-2H3. The molecule has 27 heavy (non-hydrogen) atoms. The molecule has 5 nitrogen and oxygen atoms in total. The third kappa shape index (κ3) is 2.82. The van der Waals surface area contributed by atoms with Crippen LogP contribution in [0.1, 0.15) is 12.8 Å². The molecule has 1 aromatic carbocycles. The van der Waals surface area contributed by atoms with E-state index in [9.17, 15) is 4.79 Å². The molecule has 4 fully saturated rings. The number of ether oxygens (including phenoxy) is 1. The molecule has 1 spiro atoms. The summed E-state index contributed by atoms with van der Waals surface area (Å²) in [5.74, 6) is 0.507. The van der Waals surface area contributed by atoms with Crippen LogP contribution in [0.3, 0.4) is 0 Å². The van der Waals surface area contributed by atoms with Crippen LogP contribution in [0.5, 0.6) is 0 Å². The molecule has 2 bridgehead atoms. The van der Waals surface area contributed by atoms with E-state index in [-0.39, 0.29) is 11.7 Å². The van der Waals surface area contributed by atoms with Gasteiger partial charge in [0.2, 0.25) is 0 Å². The molecule has 4 aliphatic rings. The molecule has 0 aliphatic carbocycles. The zero-order valence-corrected chi connectivity index (χ0v) is 16.7. The largest absolute Gasteiger partial charge is 0.439 e. The molecule has 1 amide bonds. The Hall–Kier alpha value is -2.05. The van der Waals surface area contributed by atoms with Gasteiger partial charge >= 0.3 is 6.09 Å². The Morgan fingerprint density at radius 2 is 1.96 bits per heavy atom. The number of benzene rings is 1. The maximum atomic E-state index is 12.7. The van der Waals surface area contributed by atoms with Crippen LogP contribution < -0.4 is 9.80 Å². The molecular weight excluding hydrogens is 358 g/mol. The molecule has 1 aromatic heterocycles. The summed E-state index contributed by atoms with van der Waals surface area (Å²) in [7, 11) is 4.10. The van der Waals surface area contributed by atoms with Crippen molar-refractivity contribution in [3.05, 3.63) is 36.4 Å². The maximum Gasteiger partial charge on any atom is 0.415 e. The lowest BCUT2D eigenvalue weighted by atomic mass is 9.75. The van der Waals surface area contributed by atoms with Gasteiger partial charge in [0.15, 0.2) is 0 Å². The van der Waals surface area contributed by atoms with Gasteiger partial charge in [-0.3, -0.25) is 9.80 Å². The lowest BCUT2D eigenvalue weighted by Gasteiger charge is -2.49. The van der Waals surface area contributed by atoms with Crippen LogP contribution in [0.4, 0.5) is 15.5 Å². The van der Waals surface area contributed by atoms with Crippen LogP contribution in [0.2, 0.25) is 0 Å². The van der Waals surface area contributed by atoms with Crippen molar-refractivity contribution in [2.75, 3.05) is 50.1 Å². The van der Waals surface area contributed by atoms with Crippen molar-refractivity contribution in [2.45, 2.75) is 18.4 Å². The van der Waals surface area contributed by atoms with E-state index >= 15 is 0 Å². The van der Waals surface area contributed by atoms with Gasteiger partial charge in [0.25, 0.3) is 0 Å². The van der Waals surface area contributed by atoms with Gasteiger partial charge < -0.3 is 9.64 Å². The third-order valence-corrected chi connectivity index (χ3v) is 7.42. The highest BCUT2D eigenvalue weighted by atomic mass is 32.1. The number of fused-ring (bicyclic) bond motifs is 2. The number of hydrogen-bond donors (Lipinski definition) is 0. The average molecular weight is 384 g/mol. The van der Waals surface area contributed by atoms with Gasteiger partial charge in [-0.25, -0.2) is 4.79 Å². The molecule has 5 heterocycles. The zero-order chi connectivity index (χ0) is 18.6. The number of carbonyl (C=O) groups is 1. The summed E-state index contributed by atoms with van der Waals surface area (Å²) in [4.78, 5) is 20.3. The van der Waals surface area contributed by atoms with Crippen molar-refractivity contribution in [1.82, 2.24) is 4.90 Å². The van der Waals surface area contributed by atoms with Crippen molar-refractivity contribution < 1.29 is 9.53 Å². The predicted molar refractivity (Wildman–Crippen MR) is 110 cm³/mol. The van der Waals surface area contributed by atoms with E-state index in [1.165, 1.54) is 16.1 Å². The molecule has 0 saturated carbocycles. The molecule has 1 unspecified atom stereocenters. The highest BCUT2D eigenvalue weighted by molar-refractivity contribution is 7.19. The van der Waals surface area contributed by atoms with E-state index in [1.54, 1.807) is 11.3 Å². The number of carbonyl (C=O) groups excluding carboxylic acids is 1. The number of amides is 1. The molecule has 142 valence electrons. The van der Waals surface area contributed by atoms with E-state index in [1.807, 2.05) is 19.0 Å². The topological polar surface area (TPSA) is 36.0 Å². The Balaban J connectivity index is 1.40. The smallest absolute Gasteiger partial charge is 0.415 e. The van der Waals surface area contributed by atoms with Crippen LogP contribution in [0, 0.1) is 5.92 Å². The molecule has 6 rings (SSSR count). The van der Waals surface area contributed by atoms with Crippen LogP contribution in [0.15, 0.2) is 36.4 Å². The Kier molecular flexibility index (Phi) is 3.95. The van der Waals surface area contributed by atoms with Gasteiger partial charge in [0.05, 0.1) is 6.54 Å². The fourth-order valence-electron chi connectivity index (χ4n) is 4.75. The van der Waals surface area contributed by atoms with E-state index < -0.39 is 0 Å². The number of piperidine rings is 3. The lowest BCUT2D eigenvalue weighted by molar-refractivity contribution is -0.0881. The van der Waals surface area contributed by atoms with E-state index in [0.717, 1.165) is 37.5 Å². The fourth-order valence-corrected chi connectivity index (χ4v) is 5.74. The Bertz CT molecular complexity index is 872. The SMILES string of the molecule is CN(C)c1cccc(-c2ccc(N3CC4(CN5CCC4CC5)OC3=O)s2)c1. The Labute approximate surface area is 164 Å². The van der Waals surface area contributed by atoms with Gasteiger partial charge in [-0.2, -0.15) is 0 Å². The highest BCUT2D eigenvalue weighted by Gasteiger charge is 2.55. The van der Waals surface area contributed by atoms with Crippen LogP contribution in [-0.2, 0) is 4.74 Å². The van der Waals surface area contributed by atoms with E-state index in [0.29, 0.717) is 12.5 Å². The lowest BCUT2D eigenvalue weighted by Crippen LogP contribution is -2.61. The number of thiophene rings is 1. The zero-order valence-electron chi connectivity index (χ0n) is 15.9. The van der Waals surface area contributed by atoms with Crippen molar-refractivity contribution in [1.29, 1.82) is 0 Å². The minimum Gasteiger partial charge on any atom is -0.439 e. The molecule has 1 atom stereocenters. The second kappa shape index (κ2) is 6.24. The minimum atomic E-state index is -0.303. The summed E-state index contributed by atoms with van der Waals surface area (Å²) in [5.41, 5.74) is 2.06. The number of nitrogens with zero attached hydrogens (tertiary/aromatic N) is 3. The molecular formula is C21H25N3O2S. The number of anilines is 2. The van der Waals surface area contributed by atoms with Gasteiger partial charge in [-0.15, -0.1) is 11.3 Å². The van der Waals surface area contributed by atoms with Gasteiger partial charge in [0.1, 0.15) is 10.6 Å². The van der Waals surface area contributed by atoms with Crippen molar-refractivity contribution >= 4 is 28.1 Å². The highest BCUT2D eigenvalue weighted by Crippen LogP contribution is 2.45. The molecule has 0 radical (unpaired) electrons. The van der Waals surface area contributed by atoms with Gasteiger partial charge in [-0.05, 0) is 55.8 Å². The summed E-state index contributed by atoms with van der Waals surface area (Å²) in [6, 6.07) is 12.7. The van der Waals surface area contributed by atoms with E-state index in [4.69, 9.17) is 4.74 Å². The fraction of sp³-hybridized carbons (Fsp3) is 0.476. The third-order valence-electron chi connectivity index (χ3n) is 6.26. The monoisotopic (exact) mass is 383 g/mol. The van der Waals surface area contributed by atoms with Crippen molar-refractivity contribution in [2.24, 2.45) is 5.92 Å². The molecule has 0 N–H and O–H groups in total.